The van der Waals surface area contributed by atoms with Gasteiger partial charge in [0, 0.05) is 18.8 Å². The largest absolute Gasteiger partial charge is 0.439 e. The van der Waals surface area contributed by atoms with Crippen molar-refractivity contribution in [3.05, 3.63) is 48.2 Å². The van der Waals surface area contributed by atoms with E-state index in [1.54, 1.807) is 18.2 Å². The number of hydrogen-bond donors (Lipinski definition) is 2. The maximum absolute atomic E-state index is 11.0. The molecule has 0 atom stereocenters. The third-order valence-corrected chi connectivity index (χ3v) is 2.34. The van der Waals surface area contributed by atoms with Gasteiger partial charge in [-0.1, -0.05) is 6.07 Å². The summed E-state index contributed by atoms with van der Waals surface area (Å²) in [4.78, 5) is 15.0. The topological polar surface area (TPSA) is 77.2 Å². The summed E-state index contributed by atoms with van der Waals surface area (Å²) in [6, 6.07) is 12.3. The Hall–Kier alpha value is -2.56. The van der Waals surface area contributed by atoms with Crippen LogP contribution in [0, 0.1) is 0 Å². The monoisotopic (exact) mass is 243 g/mol. The van der Waals surface area contributed by atoms with E-state index >= 15 is 0 Å². The van der Waals surface area contributed by atoms with Gasteiger partial charge in [0.25, 0.3) is 5.91 Å². The molecular weight excluding hydrogens is 230 g/mol. The van der Waals surface area contributed by atoms with Crippen LogP contribution >= 0.6 is 0 Å². The van der Waals surface area contributed by atoms with Crippen LogP contribution in [-0.4, -0.2) is 17.9 Å². The zero-order valence-corrected chi connectivity index (χ0v) is 9.88. The van der Waals surface area contributed by atoms with Crippen molar-refractivity contribution in [1.29, 1.82) is 0 Å². The third kappa shape index (κ3) is 2.76. The molecule has 0 radical (unpaired) electrons. The van der Waals surface area contributed by atoms with Gasteiger partial charge in [-0.05, 0) is 30.3 Å². The molecule has 5 nitrogen and oxygen atoms in total. The molecule has 0 saturated carbocycles. The summed E-state index contributed by atoms with van der Waals surface area (Å²) in [5.41, 5.74) is 6.32. The number of carbonyl (C=O) groups excluding carboxylic acids is 1. The molecule has 92 valence electrons. The van der Waals surface area contributed by atoms with Crippen molar-refractivity contribution in [2.75, 3.05) is 12.4 Å². The van der Waals surface area contributed by atoms with Gasteiger partial charge in [-0.25, -0.2) is 4.98 Å². The molecular formula is C13H13N3O2. The molecule has 2 aromatic rings. The number of rotatable bonds is 4. The molecule has 0 fully saturated rings. The van der Waals surface area contributed by atoms with Crippen LogP contribution in [0.4, 0.5) is 5.69 Å². The molecule has 0 aliphatic rings. The van der Waals surface area contributed by atoms with Crippen molar-refractivity contribution in [3.63, 3.8) is 0 Å². The number of ether oxygens (including phenoxy) is 1. The summed E-state index contributed by atoms with van der Waals surface area (Å²) < 4.78 is 5.52. The number of pyridine rings is 1. The number of nitrogens with zero attached hydrogens (tertiary/aromatic N) is 1. The number of nitrogens with one attached hydrogen (secondary N) is 1. The Morgan fingerprint density at radius 3 is 2.56 bits per heavy atom. The minimum atomic E-state index is -0.578. The molecule has 0 bridgehead atoms. The Morgan fingerprint density at radius 2 is 1.94 bits per heavy atom. The average Bonchev–Trinajstić information content (AvgIpc) is 2.40. The van der Waals surface area contributed by atoms with E-state index in [-0.39, 0.29) is 5.69 Å². The van der Waals surface area contributed by atoms with E-state index < -0.39 is 5.91 Å². The van der Waals surface area contributed by atoms with Gasteiger partial charge in [0.15, 0.2) is 0 Å². The first-order chi connectivity index (χ1) is 8.69. The van der Waals surface area contributed by atoms with E-state index in [0.717, 1.165) is 5.69 Å². The van der Waals surface area contributed by atoms with Crippen molar-refractivity contribution >= 4 is 11.6 Å². The van der Waals surface area contributed by atoms with E-state index in [4.69, 9.17) is 10.5 Å². The standard InChI is InChI=1S/C13H13N3O2/c1-15-9-5-7-10(8-6-9)18-12-4-2-3-11(16-12)13(14)17/h2-8,15H,1H3,(H2,14,17). The smallest absolute Gasteiger partial charge is 0.267 e. The fourth-order valence-corrected chi connectivity index (χ4v) is 1.42. The van der Waals surface area contributed by atoms with E-state index in [0.29, 0.717) is 11.6 Å². The van der Waals surface area contributed by atoms with Gasteiger partial charge < -0.3 is 15.8 Å². The quantitative estimate of drug-likeness (QED) is 0.861. The van der Waals surface area contributed by atoms with Crippen molar-refractivity contribution in [2.24, 2.45) is 5.73 Å². The molecule has 0 aliphatic heterocycles. The minimum absolute atomic E-state index is 0.180. The number of hydrogen-bond acceptors (Lipinski definition) is 4. The van der Waals surface area contributed by atoms with Gasteiger partial charge in [-0.15, -0.1) is 0 Å². The summed E-state index contributed by atoms with van der Waals surface area (Å²) in [7, 11) is 1.84. The van der Waals surface area contributed by atoms with Crippen LogP contribution in [0.2, 0.25) is 0 Å². The first-order valence-corrected chi connectivity index (χ1v) is 5.41. The highest BCUT2D eigenvalue weighted by molar-refractivity contribution is 5.90. The van der Waals surface area contributed by atoms with E-state index in [1.165, 1.54) is 0 Å². The number of amides is 1. The van der Waals surface area contributed by atoms with Gasteiger partial charge >= 0.3 is 0 Å². The Kier molecular flexibility index (Phi) is 3.43. The second-order valence-corrected chi connectivity index (χ2v) is 3.60. The van der Waals surface area contributed by atoms with Gasteiger partial charge in [0.05, 0.1) is 0 Å². The Bertz CT molecular complexity index is 552. The lowest BCUT2D eigenvalue weighted by molar-refractivity contribution is 0.0995. The lowest BCUT2D eigenvalue weighted by Gasteiger charge is -2.06. The number of carbonyl (C=O) groups is 1. The first-order valence-electron chi connectivity index (χ1n) is 5.41. The fraction of sp³-hybridized carbons (Fsp3) is 0.0769. The molecule has 1 heterocycles. The molecule has 5 heteroatoms. The summed E-state index contributed by atoms with van der Waals surface area (Å²) in [6.45, 7) is 0. The summed E-state index contributed by atoms with van der Waals surface area (Å²) in [6.07, 6.45) is 0. The molecule has 0 spiro atoms. The lowest BCUT2D eigenvalue weighted by atomic mass is 10.3. The highest BCUT2D eigenvalue weighted by Crippen LogP contribution is 2.21. The molecule has 0 aliphatic carbocycles. The van der Waals surface area contributed by atoms with Gasteiger partial charge in [-0.3, -0.25) is 4.79 Å². The average molecular weight is 243 g/mol. The number of nitrogens with two attached hydrogens (primary N) is 1. The predicted molar refractivity (Wildman–Crippen MR) is 68.8 cm³/mol. The molecule has 3 N–H and O–H groups in total. The van der Waals surface area contributed by atoms with Crippen LogP contribution < -0.4 is 15.8 Å². The molecule has 1 amide bonds. The number of benzene rings is 1. The molecule has 0 unspecified atom stereocenters. The second-order valence-electron chi connectivity index (χ2n) is 3.60. The number of primary amides is 1. The molecule has 1 aromatic carbocycles. The van der Waals surface area contributed by atoms with Crippen molar-refractivity contribution in [1.82, 2.24) is 4.98 Å². The van der Waals surface area contributed by atoms with Gasteiger partial charge in [0.2, 0.25) is 5.88 Å². The van der Waals surface area contributed by atoms with Crippen LogP contribution in [0.3, 0.4) is 0 Å². The minimum Gasteiger partial charge on any atom is -0.439 e. The van der Waals surface area contributed by atoms with Crippen molar-refractivity contribution in [2.45, 2.75) is 0 Å². The molecule has 18 heavy (non-hydrogen) atoms. The summed E-state index contributed by atoms with van der Waals surface area (Å²) >= 11 is 0. The summed E-state index contributed by atoms with van der Waals surface area (Å²) in [5.74, 6) is 0.401. The Labute approximate surface area is 105 Å². The van der Waals surface area contributed by atoms with Gasteiger partial charge in [0.1, 0.15) is 11.4 Å². The van der Waals surface area contributed by atoms with E-state index in [1.807, 2.05) is 31.3 Å². The molecule has 2 rings (SSSR count). The zero-order valence-electron chi connectivity index (χ0n) is 9.88. The normalized spacial score (nSPS) is 9.83. The molecule has 0 saturated heterocycles. The fourth-order valence-electron chi connectivity index (χ4n) is 1.42. The second kappa shape index (κ2) is 5.18. The lowest BCUT2D eigenvalue weighted by Crippen LogP contribution is -2.12. The van der Waals surface area contributed by atoms with Crippen LogP contribution in [0.15, 0.2) is 42.5 Å². The van der Waals surface area contributed by atoms with E-state index in [9.17, 15) is 4.79 Å². The van der Waals surface area contributed by atoms with Crippen LogP contribution in [0.5, 0.6) is 11.6 Å². The predicted octanol–water partition coefficient (Wildman–Crippen LogP) is 2.01. The highest BCUT2D eigenvalue weighted by atomic mass is 16.5. The van der Waals surface area contributed by atoms with Crippen molar-refractivity contribution < 1.29 is 9.53 Å². The van der Waals surface area contributed by atoms with Gasteiger partial charge in [-0.2, -0.15) is 0 Å². The number of aromatic nitrogens is 1. The maximum Gasteiger partial charge on any atom is 0.267 e. The zero-order chi connectivity index (χ0) is 13.0. The Morgan fingerprint density at radius 1 is 1.22 bits per heavy atom. The highest BCUT2D eigenvalue weighted by Gasteiger charge is 2.04. The SMILES string of the molecule is CNc1ccc(Oc2cccc(C(N)=O)n2)cc1. The van der Waals surface area contributed by atoms with E-state index in [2.05, 4.69) is 10.3 Å². The van der Waals surface area contributed by atoms with Crippen LogP contribution in [0.25, 0.3) is 0 Å². The molecule has 1 aromatic heterocycles. The van der Waals surface area contributed by atoms with Crippen LogP contribution in [0.1, 0.15) is 10.5 Å². The Balaban J connectivity index is 2.17. The summed E-state index contributed by atoms with van der Waals surface area (Å²) in [5, 5.41) is 3.01. The maximum atomic E-state index is 11.0. The number of anilines is 1. The third-order valence-electron chi connectivity index (χ3n) is 2.34. The van der Waals surface area contributed by atoms with Crippen molar-refractivity contribution in [3.8, 4) is 11.6 Å². The first kappa shape index (κ1) is 11.9. The van der Waals surface area contributed by atoms with Crippen LogP contribution in [-0.2, 0) is 0 Å².